The van der Waals surface area contributed by atoms with Crippen LogP contribution in [0.15, 0.2) is 30.8 Å². The van der Waals surface area contributed by atoms with Crippen LogP contribution < -0.4 is 5.73 Å². The molecule has 0 atom stereocenters. The van der Waals surface area contributed by atoms with Crippen LogP contribution in [-0.4, -0.2) is 5.91 Å². The lowest BCUT2D eigenvalue weighted by atomic mass is 10.0. The van der Waals surface area contributed by atoms with E-state index < -0.39 is 0 Å². The molecule has 13 heavy (non-hydrogen) atoms. The summed E-state index contributed by atoms with van der Waals surface area (Å²) >= 11 is 5.70. The van der Waals surface area contributed by atoms with Crippen molar-refractivity contribution in [3.8, 4) is 0 Å². The molecule has 2 nitrogen and oxygen atoms in total. The van der Waals surface area contributed by atoms with Crippen LogP contribution in [0.2, 0.25) is 5.02 Å². The van der Waals surface area contributed by atoms with E-state index in [1.54, 1.807) is 12.1 Å². The Morgan fingerprint density at radius 2 is 1.92 bits per heavy atom. The van der Waals surface area contributed by atoms with Gasteiger partial charge in [-0.1, -0.05) is 30.3 Å². The zero-order chi connectivity index (χ0) is 9.84. The summed E-state index contributed by atoms with van der Waals surface area (Å²) in [5.74, 6) is -0.375. The minimum Gasteiger partial charge on any atom is -0.369 e. The second kappa shape index (κ2) is 4.10. The van der Waals surface area contributed by atoms with Gasteiger partial charge in [-0.3, -0.25) is 4.79 Å². The molecular weight excluding hydrogens is 186 g/mol. The van der Waals surface area contributed by atoms with E-state index in [9.17, 15) is 4.79 Å². The number of carbonyl (C=O) groups excluding carboxylic acids is 1. The van der Waals surface area contributed by atoms with Gasteiger partial charge in [0, 0.05) is 5.02 Å². The summed E-state index contributed by atoms with van der Waals surface area (Å²) in [6.07, 6.45) is 0.182. The predicted molar refractivity (Wildman–Crippen MR) is 54.3 cm³/mol. The lowest BCUT2D eigenvalue weighted by Crippen LogP contribution is -2.10. The number of amides is 1. The molecule has 0 saturated carbocycles. The Hall–Kier alpha value is -1.28. The third-order valence-electron chi connectivity index (χ3n) is 1.64. The Morgan fingerprint density at radius 1 is 1.38 bits per heavy atom. The third kappa shape index (κ3) is 2.92. The second-order valence-corrected chi connectivity index (χ2v) is 3.19. The summed E-state index contributed by atoms with van der Waals surface area (Å²) in [6, 6.07) is 7.13. The summed E-state index contributed by atoms with van der Waals surface area (Å²) in [4.78, 5) is 10.6. The molecule has 0 aliphatic heterocycles. The molecule has 0 radical (unpaired) electrons. The summed E-state index contributed by atoms with van der Waals surface area (Å²) in [5.41, 5.74) is 6.64. The topological polar surface area (TPSA) is 43.1 Å². The van der Waals surface area contributed by atoms with E-state index in [0.717, 1.165) is 5.56 Å². The smallest absolute Gasteiger partial charge is 0.221 e. The molecule has 0 unspecified atom stereocenters. The molecule has 0 fully saturated rings. The molecule has 3 heteroatoms. The first-order chi connectivity index (χ1) is 6.09. The first-order valence-corrected chi connectivity index (χ1v) is 4.19. The molecular formula is C10H10ClNO. The molecule has 1 rings (SSSR count). The first-order valence-electron chi connectivity index (χ1n) is 3.81. The van der Waals surface area contributed by atoms with E-state index in [-0.39, 0.29) is 12.3 Å². The highest BCUT2D eigenvalue weighted by molar-refractivity contribution is 6.30. The van der Waals surface area contributed by atoms with Gasteiger partial charge in [0.15, 0.2) is 0 Å². The fourth-order valence-corrected chi connectivity index (χ4v) is 1.12. The molecule has 68 valence electrons. The lowest BCUT2D eigenvalue weighted by molar-refractivity contribution is -0.117. The molecule has 2 N–H and O–H groups in total. The molecule has 0 saturated heterocycles. The molecule has 0 aliphatic carbocycles. The Balaban J connectivity index is 2.78. The SMILES string of the molecule is C=C(CC(N)=O)c1ccc(Cl)cc1. The maximum Gasteiger partial charge on any atom is 0.221 e. The summed E-state index contributed by atoms with van der Waals surface area (Å²) in [7, 11) is 0. The summed E-state index contributed by atoms with van der Waals surface area (Å²) in [6.45, 7) is 3.75. The van der Waals surface area contributed by atoms with Crippen LogP contribution in [0.4, 0.5) is 0 Å². The van der Waals surface area contributed by atoms with E-state index in [4.69, 9.17) is 17.3 Å². The van der Waals surface area contributed by atoms with Gasteiger partial charge in [0.1, 0.15) is 0 Å². The van der Waals surface area contributed by atoms with Crippen molar-refractivity contribution in [1.29, 1.82) is 0 Å². The van der Waals surface area contributed by atoms with Gasteiger partial charge in [0.2, 0.25) is 5.91 Å². The van der Waals surface area contributed by atoms with Gasteiger partial charge in [0.25, 0.3) is 0 Å². The molecule has 0 aliphatic rings. The average Bonchev–Trinajstić information content (AvgIpc) is 2.04. The normalized spacial score (nSPS) is 9.62. The van der Waals surface area contributed by atoms with Crippen LogP contribution in [0.3, 0.4) is 0 Å². The first kappa shape index (κ1) is 9.81. The van der Waals surface area contributed by atoms with Gasteiger partial charge in [-0.05, 0) is 23.3 Å². The van der Waals surface area contributed by atoms with E-state index in [0.29, 0.717) is 10.6 Å². The van der Waals surface area contributed by atoms with Crippen molar-refractivity contribution in [2.75, 3.05) is 0 Å². The van der Waals surface area contributed by atoms with E-state index >= 15 is 0 Å². The number of carbonyl (C=O) groups is 1. The van der Waals surface area contributed by atoms with Crippen molar-refractivity contribution in [3.05, 3.63) is 41.4 Å². The second-order valence-electron chi connectivity index (χ2n) is 2.75. The number of nitrogens with two attached hydrogens (primary N) is 1. The minimum atomic E-state index is -0.375. The Labute approximate surface area is 82.0 Å². The fourth-order valence-electron chi connectivity index (χ4n) is 0.998. The van der Waals surface area contributed by atoms with Crippen molar-refractivity contribution in [1.82, 2.24) is 0 Å². The third-order valence-corrected chi connectivity index (χ3v) is 1.89. The molecule has 1 amide bonds. The van der Waals surface area contributed by atoms with Gasteiger partial charge in [-0.25, -0.2) is 0 Å². The predicted octanol–water partition coefficient (Wildman–Crippen LogP) is 2.23. The molecule has 0 bridgehead atoms. The zero-order valence-corrected chi connectivity index (χ0v) is 7.84. The monoisotopic (exact) mass is 195 g/mol. The molecule has 1 aromatic carbocycles. The quantitative estimate of drug-likeness (QED) is 0.790. The van der Waals surface area contributed by atoms with Crippen molar-refractivity contribution in [3.63, 3.8) is 0 Å². The fraction of sp³-hybridized carbons (Fsp3) is 0.100. The van der Waals surface area contributed by atoms with Crippen molar-refractivity contribution in [2.45, 2.75) is 6.42 Å². The van der Waals surface area contributed by atoms with E-state index in [1.165, 1.54) is 0 Å². The zero-order valence-electron chi connectivity index (χ0n) is 7.09. The lowest BCUT2D eigenvalue weighted by Gasteiger charge is -2.02. The number of halogens is 1. The van der Waals surface area contributed by atoms with Crippen molar-refractivity contribution < 1.29 is 4.79 Å². The Morgan fingerprint density at radius 3 is 2.38 bits per heavy atom. The summed E-state index contributed by atoms with van der Waals surface area (Å²) in [5, 5.41) is 0.663. The molecule has 0 heterocycles. The number of primary amides is 1. The van der Waals surface area contributed by atoms with Gasteiger partial charge >= 0.3 is 0 Å². The van der Waals surface area contributed by atoms with E-state index in [2.05, 4.69) is 6.58 Å². The molecule has 0 spiro atoms. The number of rotatable bonds is 3. The standard InChI is InChI=1S/C10H10ClNO/c1-7(6-10(12)13)8-2-4-9(11)5-3-8/h2-5H,1,6H2,(H2,12,13). The maximum absolute atomic E-state index is 10.6. The highest BCUT2D eigenvalue weighted by Crippen LogP contribution is 2.18. The van der Waals surface area contributed by atoms with Gasteiger partial charge in [-0.15, -0.1) is 0 Å². The van der Waals surface area contributed by atoms with Crippen molar-refractivity contribution in [2.24, 2.45) is 5.73 Å². The van der Waals surface area contributed by atoms with Crippen LogP contribution in [0.5, 0.6) is 0 Å². The Kier molecular flexibility index (Phi) is 3.09. The number of hydrogen-bond acceptors (Lipinski definition) is 1. The van der Waals surface area contributed by atoms with Gasteiger partial charge in [0.05, 0.1) is 6.42 Å². The van der Waals surface area contributed by atoms with Crippen LogP contribution >= 0.6 is 11.6 Å². The number of benzene rings is 1. The minimum absolute atomic E-state index is 0.182. The highest BCUT2D eigenvalue weighted by Gasteiger charge is 2.01. The highest BCUT2D eigenvalue weighted by atomic mass is 35.5. The van der Waals surface area contributed by atoms with Crippen LogP contribution in [0, 0.1) is 0 Å². The average molecular weight is 196 g/mol. The van der Waals surface area contributed by atoms with Crippen molar-refractivity contribution >= 4 is 23.1 Å². The van der Waals surface area contributed by atoms with Gasteiger partial charge in [-0.2, -0.15) is 0 Å². The van der Waals surface area contributed by atoms with Crippen LogP contribution in [0.25, 0.3) is 5.57 Å². The molecule has 1 aromatic rings. The van der Waals surface area contributed by atoms with E-state index in [1.807, 2.05) is 12.1 Å². The Bertz CT molecular complexity index is 329. The molecule has 0 aromatic heterocycles. The van der Waals surface area contributed by atoms with Crippen LogP contribution in [-0.2, 0) is 4.79 Å². The largest absolute Gasteiger partial charge is 0.369 e. The number of hydrogen-bond donors (Lipinski definition) is 1. The maximum atomic E-state index is 10.6. The van der Waals surface area contributed by atoms with Crippen LogP contribution in [0.1, 0.15) is 12.0 Å². The van der Waals surface area contributed by atoms with Gasteiger partial charge < -0.3 is 5.73 Å². The summed E-state index contributed by atoms with van der Waals surface area (Å²) < 4.78 is 0.